The highest BCUT2D eigenvalue weighted by Gasteiger charge is 2.38. The first kappa shape index (κ1) is 22.1. The number of carbonyl (C=O) groups is 1. The lowest BCUT2D eigenvalue weighted by molar-refractivity contribution is -0.139. The van der Waals surface area contributed by atoms with Crippen LogP contribution in [-0.4, -0.2) is 49.8 Å². The summed E-state index contributed by atoms with van der Waals surface area (Å²) in [7, 11) is 1.66. The van der Waals surface area contributed by atoms with E-state index in [0.717, 1.165) is 55.5 Å². The van der Waals surface area contributed by atoms with Gasteiger partial charge in [0.05, 0.1) is 0 Å². The fraction of sp³-hybridized carbons (Fsp3) is 0.708. The van der Waals surface area contributed by atoms with Gasteiger partial charge in [0.2, 0.25) is 0 Å². The number of likely N-dealkylation sites (tertiary alicyclic amines) is 1. The lowest BCUT2D eigenvalue weighted by atomic mass is 9.92. The van der Waals surface area contributed by atoms with Crippen molar-refractivity contribution in [2.24, 2.45) is 11.8 Å². The summed E-state index contributed by atoms with van der Waals surface area (Å²) in [5.41, 5.74) is 0.107. The van der Waals surface area contributed by atoms with E-state index in [2.05, 4.69) is 24.1 Å². The van der Waals surface area contributed by atoms with Gasteiger partial charge in [0.1, 0.15) is 18.0 Å². The van der Waals surface area contributed by atoms with Gasteiger partial charge in [-0.15, -0.1) is 0 Å². The zero-order valence-corrected chi connectivity index (χ0v) is 18.4. The Morgan fingerprint density at radius 1 is 1.07 bits per heavy atom. The third kappa shape index (κ3) is 6.19. The summed E-state index contributed by atoms with van der Waals surface area (Å²) in [5.74, 6) is 2.36. The van der Waals surface area contributed by atoms with Gasteiger partial charge in [-0.2, -0.15) is 0 Å². The van der Waals surface area contributed by atoms with E-state index < -0.39 is 5.60 Å². The van der Waals surface area contributed by atoms with E-state index in [1.54, 1.807) is 7.11 Å². The maximum atomic E-state index is 12.9. The van der Waals surface area contributed by atoms with E-state index in [4.69, 9.17) is 9.47 Å². The number of methoxy groups -OCH3 is 1. The number of nitrogens with one attached hydrogen (secondary N) is 1. The maximum Gasteiger partial charge on any atom is 0.256 e. The molecule has 1 N–H and O–H groups in total. The van der Waals surface area contributed by atoms with E-state index in [1.165, 1.54) is 32.4 Å². The minimum absolute atomic E-state index is 0.0242. The van der Waals surface area contributed by atoms with Crippen LogP contribution in [0.1, 0.15) is 58.8 Å². The van der Waals surface area contributed by atoms with Crippen molar-refractivity contribution < 1.29 is 14.3 Å². The molecule has 1 aromatic rings. The van der Waals surface area contributed by atoms with Gasteiger partial charge in [0.25, 0.3) is 5.91 Å². The fourth-order valence-electron chi connectivity index (χ4n) is 4.97. The number of benzene rings is 1. The van der Waals surface area contributed by atoms with Crippen LogP contribution in [-0.2, 0) is 9.53 Å². The molecule has 1 aromatic carbocycles. The molecule has 2 fully saturated rings. The second-order valence-corrected chi connectivity index (χ2v) is 9.15. The van der Waals surface area contributed by atoms with E-state index in [0.29, 0.717) is 6.61 Å². The first-order valence-electron chi connectivity index (χ1n) is 11.3. The standard InChI is InChI=1S/C24H38N2O3/c1-19-16-20(2)18-26(17-19)14-15-29-22-10-8-21(9-11-22)25-23(27)24(28-3)12-6-4-5-7-13-24/h8-11,19-20H,4-7,12-18H2,1-3H3,(H,25,27)/t19-,20-/m0/s1. The average Bonchev–Trinajstić information content (AvgIpc) is 2.95. The van der Waals surface area contributed by atoms with Crippen LogP contribution in [0.5, 0.6) is 5.75 Å². The molecule has 3 rings (SSSR count). The van der Waals surface area contributed by atoms with Crippen molar-refractivity contribution in [1.29, 1.82) is 0 Å². The Balaban J connectivity index is 1.47. The summed E-state index contributed by atoms with van der Waals surface area (Å²) in [6, 6.07) is 7.70. The van der Waals surface area contributed by atoms with Crippen molar-refractivity contribution in [3.05, 3.63) is 24.3 Å². The van der Waals surface area contributed by atoms with Crippen LogP contribution >= 0.6 is 0 Å². The zero-order chi connectivity index (χ0) is 20.7. The number of nitrogens with zero attached hydrogens (tertiary/aromatic N) is 1. The third-order valence-electron chi connectivity index (χ3n) is 6.45. The SMILES string of the molecule is COC1(C(=O)Nc2ccc(OCCN3C[C@@H](C)C[C@H](C)C3)cc2)CCCCCC1. The molecule has 1 heterocycles. The second-order valence-electron chi connectivity index (χ2n) is 9.15. The molecule has 0 radical (unpaired) electrons. The van der Waals surface area contributed by atoms with Crippen LogP contribution in [0.3, 0.4) is 0 Å². The minimum atomic E-state index is -0.686. The summed E-state index contributed by atoms with van der Waals surface area (Å²) in [6.07, 6.45) is 7.37. The lowest BCUT2D eigenvalue weighted by Gasteiger charge is -2.34. The highest BCUT2D eigenvalue weighted by Crippen LogP contribution is 2.31. The highest BCUT2D eigenvalue weighted by molar-refractivity contribution is 5.97. The predicted molar refractivity (Wildman–Crippen MR) is 117 cm³/mol. The molecule has 0 bridgehead atoms. The largest absolute Gasteiger partial charge is 0.492 e. The van der Waals surface area contributed by atoms with Gasteiger partial charge < -0.3 is 14.8 Å². The summed E-state index contributed by atoms with van der Waals surface area (Å²) >= 11 is 0. The van der Waals surface area contributed by atoms with Crippen molar-refractivity contribution in [3.63, 3.8) is 0 Å². The third-order valence-corrected chi connectivity index (χ3v) is 6.45. The Morgan fingerprint density at radius 3 is 2.28 bits per heavy atom. The molecule has 0 aromatic heterocycles. The molecule has 162 valence electrons. The predicted octanol–water partition coefficient (Wildman–Crippen LogP) is 4.72. The number of anilines is 1. The molecule has 1 aliphatic carbocycles. The Hall–Kier alpha value is -1.59. The smallest absolute Gasteiger partial charge is 0.256 e. The number of rotatable bonds is 7. The minimum Gasteiger partial charge on any atom is -0.492 e. The Bertz CT molecular complexity index is 628. The quantitative estimate of drug-likeness (QED) is 0.671. The normalized spacial score (nSPS) is 25.2. The van der Waals surface area contributed by atoms with Crippen molar-refractivity contribution in [2.75, 3.05) is 38.7 Å². The molecule has 5 heteroatoms. The summed E-state index contributed by atoms with van der Waals surface area (Å²) in [6.45, 7) is 8.65. The van der Waals surface area contributed by atoms with Crippen molar-refractivity contribution in [1.82, 2.24) is 4.90 Å². The molecule has 1 saturated heterocycles. The highest BCUT2D eigenvalue weighted by atomic mass is 16.5. The van der Waals surface area contributed by atoms with Crippen LogP contribution in [0.2, 0.25) is 0 Å². The van der Waals surface area contributed by atoms with E-state index >= 15 is 0 Å². The molecule has 0 spiro atoms. The average molecular weight is 403 g/mol. The Morgan fingerprint density at radius 2 is 1.69 bits per heavy atom. The topological polar surface area (TPSA) is 50.8 Å². The first-order chi connectivity index (χ1) is 14.0. The van der Waals surface area contributed by atoms with Crippen molar-refractivity contribution in [2.45, 2.75) is 64.4 Å². The molecule has 2 atom stereocenters. The second kappa shape index (κ2) is 10.4. The van der Waals surface area contributed by atoms with Crippen LogP contribution in [0.4, 0.5) is 5.69 Å². The molecule has 1 aliphatic heterocycles. The number of amides is 1. The van der Waals surface area contributed by atoms with Crippen molar-refractivity contribution >= 4 is 11.6 Å². The number of carbonyl (C=O) groups excluding carboxylic acids is 1. The van der Waals surface area contributed by atoms with E-state index in [9.17, 15) is 4.79 Å². The van der Waals surface area contributed by atoms with Crippen LogP contribution < -0.4 is 10.1 Å². The molecule has 1 saturated carbocycles. The zero-order valence-electron chi connectivity index (χ0n) is 18.4. The van der Waals surface area contributed by atoms with Gasteiger partial charge >= 0.3 is 0 Å². The van der Waals surface area contributed by atoms with Crippen LogP contribution in [0.25, 0.3) is 0 Å². The van der Waals surface area contributed by atoms with Crippen molar-refractivity contribution in [3.8, 4) is 5.75 Å². The Kier molecular flexibility index (Phi) is 7.96. The van der Waals surface area contributed by atoms with Gasteiger partial charge in [0.15, 0.2) is 0 Å². The van der Waals surface area contributed by atoms with Gasteiger partial charge in [0, 0.05) is 32.4 Å². The summed E-state index contributed by atoms with van der Waals surface area (Å²) in [4.78, 5) is 15.4. The lowest BCUT2D eigenvalue weighted by Crippen LogP contribution is -2.44. The molecule has 0 unspecified atom stereocenters. The van der Waals surface area contributed by atoms with Gasteiger partial charge in [-0.05, 0) is 55.4 Å². The van der Waals surface area contributed by atoms with Crippen LogP contribution in [0.15, 0.2) is 24.3 Å². The molecule has 1 amide bonds. The first-order valence-corrected chi connectivity index (χ1v) is 11.3. The monoisotopic (exact) mass is 402 g/mol. The molecule has 5 nitrogen and oxygen atoms in total. The molecular formula is C24H38N2O3. The summed E-state index contributed by atoms with van der Waals surface area (Å²) < 4.78 is 11.6. The fourth-order valence-corrected chi connectivity index (χ4v) is 4.97. The number of hydrogen-bond donors (Lipinski definition) is 1. The van der Waals surface area contributed by atoms with Gasteiger partial charge in [-0.25, -0.2) is 0 Å². The molecule has 2 aliphatic rings. The van der Waals surface area contributed by atoms with E-state index in [-0.39, 0.29) is 5.91 Å². The van der Waals surface area contributed by atoms with Gasteiger partial charge in [-0.1, -0.05) is 39.5 Å². The molecular weight excluding hydrogens is 364 g/mol. The number of ether oxygens (including phenoxy) is 2. The summed E-state index contributed by atoms with van der Waals surface area (Å²) in [5, 5.41) is 3.05. The van der Waals surface area contributed by atoms with Gasteiger partial charge in [-0.3, -0.25) is 9.69 Å². The Labute approximate surface area is 176 Å². The van der Waals surface area contributed by atoms with Crippen LogP contribution in [0, 0.1) is 11.8 Å². The number of piperidine rings is 1. The number of hydrogen-bond acceptors (Lipinski definition) is 4. The maximum absolute atomic E-state index is 12.9. The van der Waals surface area contributed by atoms with E-state index in [1.807, 2.05) is 24.3 Å². The molecule has 29 heavy (non-hydrogen) atoms.